The van der Waals surface area contributed by atoms with Gasteiger partial charge in [0.2, 0.25) is 0 Å². The Morgan fingerprint density at radius 1 is 0.591 bits per heavy atom. The van der Waals surface area contributed by atoms with E-state index < -0.39 is 0 Å². The van der Waals surface area contributed by atoms with Crippen LogP contribution in [0, 0.1) is 13.8 Å². The van der Waals surface area contributed by atoms with Gasteiger partial charge in [-0.2, -0.15) is 0 Å². The molecule has 3 aromatic carbocycles. The third-order valence-corrected chi connectivity index (χ3v) is 3.92. The second kappa shape index (κ2) is 6.03. The maximum absolute atomic E-state index is 3.98. The van der Waals surface area contributed by atoms with E-state index in [1.165, 1.54) is 33.0 Å². The highest BCUT2D eigenvalue weighted by Crippen LogP contribution is 2.21. The van der Waals surface area contributed by atoms with Gasteiger partial charge in [-0.25, -0.2) is 0 Å². The van der Waals surface area contributed by atoms with E-state index in [1.54, 1.807) is 0 Å². The van der Waals surface area contributed by atoms with E-state index in [1.807, 2.05) is 0 Å². The Morgan fingerprint density at radius 3 is 1.41 bits per heavy atom. The van der Waals surface area contributed by atoms with Crippen molar-refractivity contribution in [2.45, 2.75) is 13.8 Å². The molecule has 0 bridgehead atoms. The van der Waals surface area contributed by atoms with Crippen molar-refractivity contribution in [2.24, 2.45) is 0 Å². The average molecular weight is 284 g/mol. The fourth-order valence-corrected chi connectivity index (χ4v) is 2.61. The van der Waals surface area contributed by atoms with Crippen LogP contribution in [0.3, 0.4) is 0 Å². The Balaban J connectivity index is 2.29. The normalized spacial score (nSPS) is 10.5. The smallest absolute Gasteiger partial charge is 0.00389 e. The van der Waals surface area contributed by atoms with Gasteiger partial charge in [0.25, 0.3) is 0 Å². The van der Waals surface area contributed by atoms with Crippen LogP contribution in [0.2, 0.25) is 0 Å². The van der Waals surface area contributed by atoms with Gasteiger partial charge in [-0.15, -0.1) is 0 Å². The highest BCUT2D eigenvalue weighted by atomic mass is 14.1. The fourth-order valence-electron chi connectivity index (χ4n) is 2.61. The fraction of sp³-hybridized carbons (Fsp3) is 0.0909. The third kappa shape index (κ3) is 3.01. The minimum absolute atomic E-state index is 1.04. The van der Waals surface area contributed by atoms with E-state index in [2.05, 4.69) is 93.2 Å². The predicted octanol–water partition coefficient (Wildman–Crippen LogP) is 3.96. The minimum atomic E-state index is 1.04. The lowest BCUT2D eigenvalue weighted by molar-refractivity contribution is 1.41. The molecule has 0 saturated carbocycles. The van der Waals surface area contributed by atoms with Crippen molar-refractivity contribution in [3.63, 3.8) is 0 Å². The molecule has 0 aliphatic heterocycles. The van der Waals surface area contributed by atoms with E-state index in [-0.39, 0.29) is 0 Å². The van der Waals surface area contributed by atoms with Gasteiger partial charge in [-0.3, -0.25) is 0 Å². The molecule has 3 aromatic rings. The van der Waals surface area contributed by atoms with Crippen molar-refractivity contribution < 1.29 is 0 Å². The summed E-state index contributed by atoms with van der Waals surface area (Å²) in [5, 5.41) is 2.26. The average Bonchev–Trinajstić information content (AvgIpc) is 2.53. The molecule has 0 heterocycles. The molecule has 0 saturated heterocycles. The standard InChI is InChI=1S/C22H20/c1-16-4-10-19(11-5-16)22(20-12-6-17(2)7-13-20)21-14-8-18(3)9-15-21/h4-15H,1H2,2-3H3. The molecule has 0 aliphatic carbocycles. The van der Waals surface area contributed by atoms with E-state index in [0.717, 1.165) is 5.22 Å². The highest BCUT2D eigenvalue weighted by Gasteiger charge is 2.06. The maximum Gasteiger partial charge on any atom is -0.00389 e. The van der Waals surface area contributed by atoms with Crippen molar-refractivity contribution in [1.82, 2.24) is 0 Å². The van der Waals surface area contributed by atoms with Crippen LogP contribution < -0.4 is 10.4 Å². The summed E-state index contributed by atoms with van der Waals surface area (Å²) in [4.78, 5) is 0. The highest BCUT2D eigenvalue weighted by molar-refractivity contribution is 5.79. The first-order valence-electron chi connectivity index (χ1n) is 7.57. The van der Waals surface area contributed by atoms with Crippen LogP contribution >= 0.6 is 0 Å². The van der Waals surface area contributed by atoms with Crippen molar-refractivity contribution >= 4 is 12.2 Å². The Hall–Kier alpha value is -2.60. The Kier molecular flexibility index (Phi) is 3.93. The first-order valence-corrected chi connectivity index (χ1v) is 7.57. The summed E-state index contributed by atoms with van der Waals surface area (Å²) < 4.78 is 0. The molecule has 0 aliphatic rings. The van der Waals surface area contributed by atoms with Crippen molar-refractivity contribution in [3.8, 4) is 0 Å². The van der Waals surface area contributed by atoms with Crippen LogP contribution in [0.5, 0.6) is 0 Å². The lowest BCUT2D eigenvalue weighted by Crippen LogP contribution is -2.11. The van der Waals surface area contributed by atoms with Gasteiger partial charge in [0.15, 0.2) is 0 Å². The Labute approximate surface area is 132 Å². The molecular formula is C22H20. The largest absolute Gasteiger partial charge is 0.0918 e. The molecule has 108 valence electrons. The Bertz CT molecular complexity index is 811. The first-order chi connectivity index (χ1) is 10.6. The van der Waals surface area contributed by atoms with Gasteiger partial charge >= 0.3 is 0 Å². The van der Waals surface area contributed by atoms with Crippen molar-refractivity contribution in [1.29, 1.82) is 0 Å². The van der Waals surface area contributed by atoms with Crippen LogP contribution in [-0.2, 0) is 0 Å². The zero-order valence-corrected chi connectivity index (χ0v) is 13.1. The van der Waals surface area contributed by atoms with Crippen molar-refractivity contribution in [3.05, 3.63) is 105 Å². The first kappa shape index (κ1) is 14.3. The molecule has 0 unspecified atom stereocenters. The SMILES string of the molecule is C=c1ccc(=C(c2ccc(C)cc2)c2ccc(C)cc2)cc1. The van der Waals surface area contributed by atoms with E-state index >= 15 is 0 Å². The van der Waals surface area contributed by atoms with Crippen LogP contribution in [0.15, 0.2) is 72.8 Å². The Morgan fingerprint density at radius 2 is 1.00 bits per heavy atom. The van der Waals surface area contributed by atoms with Gasteiger partial charge < -0.3 is 0 Å². The molecule has 0 amide bonds. The summed E-state index contributed by atoms with van der Waals surface area (Å²) in [6.07, 6.45) is 0. The van der Waals surface area contributed by atoms with Gasteiger partial charge in [-0.05, 0) is 41.0 Å². The summed E-state index contributed by atoms with van der Waals surface area (Å²) in [6, 6.07) is 25.9. The topological polar surface area (TPSA) is 0 Å². The monoisotopic (exact) mass is 284 g/mol. The van der Waals surface area contributed by atoms with Crippen LogP contribution in [-0.4, -0.2) is 0 Å². The molecule has 0 heteroatoms. The summed E-state index contributed by atoms with van der Waals surface area (Å²) in [6.45, 7) is 8.22. The summed E-state index contributed by atoms with van der Waals surface area (Å²) >= 11 is 0. The molecule has 0 N–H and O–H groups in total. The van der Waals surface area contributed by atoms with Crippen LogP contribution in [0.25, 0.3) is 12.2 Å². The van der Waals surface area contributed by atoms with Gasteiger partial charge in [-0.1, -0.05) is 90.5 Å². The van der Waals surface area contributed by atoms with Crippen LogP contribution in [0.1, 0.15) is 22.3 Å². The maximum atomic E-state index is 3.98. The van der Waals surface area contributed by atoms with E-state index in [9.17, 15) is 0 Å². The second-order valence-electron chi connectivity index (χ2n) is 5.80. The van der Waals surface area contributed by atoms with Gasteiger partial charge in [0.05, 0.1) is 0 Å². The molecule has 0 atom stereocenters. The molecule has 22 heavy (non-hydrogen) atoms. The predicted molar refractivity (Wildman–Crippen MR) is 95.2 cm³/mol. The molecule has 0 fully saturated rings. The van der Waals surface area contributed by atoms with E-state index in [4.69, 9.17) is 0 Å². The number of hydrogen-bond donors (Lipinski definition) is 0. The quantitative estimate of drug-likeness (QED) is 0.668. The number of aryl methyl sites for hydroxylation is 2. The molecular weight excluding hydrogens is 264 g/mol. The molecule has 0 aromatic heterocycles. The second-order valence-corrected chi connectivity index (χ2v) is 5.80. The molecule has 3 rings (SSSR count). The number of rotatable bonds is 2. The van der Waals surface area contributed by atoms with Gasteiger partial charge in [0.1, 0.15) is 0 Å². The number of hydrogen-bond acceptors (Lipinski definition) is 0. The zero-order valence-electron chi connectivity index (χ0n) is 13.1. The third-order valence-electron chi connectivity index (χ3n) is 3.92. The minimum Gasteiger partial charge on any atom is -0.0918 e. The van der Waals surface area contributed by atoms with Crippen LogP contribution in [0.4, 0.5) is 0 Å². The molecule has 0 nitrogen and oxygen atoms in total. The number of benzene rings is 3. The summed E-state index contributed by atoms with van der Waals surface area (Å²) in [7, 11) is 0. The lowest BCUT2D eigenvalue weighted by Gasteiger charge is -2.10. The molecule has 0 radical (unpaired) electrons. The molecule has 0 spiro atoms. The van der Waals surface area contributed by atoms with Gasteiger partial charge in [0, 0.05) is 0 Å². The van der Waals surface area contributed by atoms with Crippen molar-refractivity contribution in [2.75, 3.05) is 0 Å². The van der Waals surface area contributed by atoms with E-state index in [0.29, 0.717) is 0 Å². The lowest BCUT2D eigenvalue weighted by atomic mass is 9.94. The zero-order chi connectivity index (χ0) is 15.5. The summed E-state index contributed by atoms with van der Waals surface area (Å²) in [5.41, 5.74) is 6.30. The summed E-state index contributed by atoms with van der Waals surface area (Å²) in [5.74, 6) is 0.